The fourth-order valence-electron chi connectivity index (χ4n) is 0.906. The minimum atomic E-state index is 0.200. The topological polar surface area (TPSA) is 41.5 Å². The quantitative estimate of drug-likeness (QED) is 0.591. The Hall–Kier alpha value is -0.120. The van der Waals surface area contributed by atoms with Gasteiger partial charge in [-0.1, -0.05) is 0 Å². The van der Waals surface area contributed by atoms with E-state index >= 15 is 0 Å². The van der Waals surface area contributed by atoms with E-state index in [0.29, 0.717) is 6.61 Å². The lowest BCUT2D eigenvalue weighted by Crippen LogP contribution is -2.36. The van der Waals surface area contributed by atoms with E-state index in [0.717, 1.165) is 26.0 Å². The van der Waals surface area contributed by atoms with Crippen molar-refractivity contribution in [2.45, 2.75) is 39.2 Å². The van der Waals surface area contributed by atoms with E-state index in [9.17, 15) is 0 Å². The van der Waals surface area contributed by atoms with Gasteiger partial charge in [0.15, 0.2) is 0 Å². The Balaban J connectivity index is 3.00. The Morgan fingerprint density at radius 1 is 1.15 bits per heavy atom. The van der Waals surface area contributed by atoms with E-state index in [1.807, 2.05) is 0 Å². The maximum atomic E-state index is 8.48. The van der Waals surface area contributed by atoms with Gasteiger partial charge in [-0.2, -0.15) is 0 Å². The third-order valence-electron chi connectivity index (χ3n) is 1.57. The first-order valence-electron chi connectivity index (χ1n) is 5.00. The molecule has 2 N–H and O–H groups in total. The number of nitrogens with one attached hydrogen (secondary N) is 1. The molecule has 3 heteroatoms. The van der Waals surface area contributed by atoms with Crippen molar-refractivity contribution in [1.29, 1.82) is 0 Å². The molecule has 3 nitrogen and oxygen atoms in total. The van der Waals surface area contributed by atoms with Crippen molar-refractivity contribution in [3.63, 3.8) is 0 Å². The summed E-state index contributed by atoms with van der Waals surface area (Å²) in [4.78, 5) is 0. The second-order valence-corrected chi connectivity index (χ2v) is 4.22. The molecule has 0 saturated heterocycles. The van der Waals surface area contributed by atoms with Crippen molar-refractivity contribution in [3.8, 4) is 0 Å². The van der Waals surface area contributed by atoms with Crippen molar-refractivity contribution in [2.75, 3.05) is 26.4 Å². The van der Waals surface area contributed by atoms with Gasteiger partial charge in [-0.3, -0.25) is 0 Å². The van der Waals surface area contributed by atoms with Gasteiger partial charge in [0.25, 0.3) is 0 Å². The van der Waals surface area contributed by atoms with Crippen molar-refractivity contribution < 1.29 is 9.84 Å². The molecular formula is C10H23NO2. The van der Waals surface area contributed by atoms with Gasteiger partial charge >= 0.3 is 0 Å². The number of aliphatic hydroxyl groups is 1. The molecule has 13 heavy (non-hydrogen) atoms. The predicted molar refractivity (Wildman–Crippen MR) is 54.9 cm³/mol. The fraction of sp³-hybridized carbons (Fsp3) is 1.00. The molecule has 0 spiro atoms. The molecule has 0 unspecified atom stereocenters. The van der Waals surface area contributed by atoms with E-state index in [4.69, 9.17) is 9.84 Å². The zero-order chi connectivity index (χ0) is 10.2. The molecule has 0 rings (SSSR count). The smallest absolute Gasteiger partial charge is 0.0487 e. The highest BCUT2D eigenvalue weighted by Gasteiger charge is 2.06. The van der Waals surface area contributed by atoms with Crippen molar-refractivity contribution in [3.05, 3.63) is 0 Å². The van der Waals surface area contributed by atoms with Gasteiger partial charge in [-0.05, 0) is 40.2 Å². The van der Waals surface area contributed by atoms with Crippen molar-refractivity contribution in [1.82, 2.24) is 5.32 Å². The molecule has 0 heterocycles. The second-order valence-electron chi connectivity index (χ2n) is 4.22. The SMILES string of the molecule is CC(C)(C)NCCCOCCCO. The van der Waals surface area contributed by atoms with Crippen LogP contribution in [0.1, 0.15) is 33.6 Å². The highest BCUT2D eigenvalue weighted by Crippen LogP contribution is 1.97. The molecule has 0 aliphatic heterocycles. The van der Waals surface area contributed by atoms with E-state index < -0.39 is 0 Å². The van der Waals surface area contributed by atoms with Crippen LogP contribution < -0.4 is 5.32 Å². The third-order valence-corrected chi connectivity index (χ3v) is 1.57. The van der Waals surface area contributed by atoms with E-state index in [1.165, 1.54) is 0 Å². The van der Waals surface area contributed by atoms with Gasteiger partial charge in [0.1, 0.15) is 0 Å². The molecule has 0 bridgehead atoms. The van der Waals surface area contributed by atoms with Gasteiger partial charge in [-0.15, -0.1) is 0 Å². The zero-order valence-electron chi connectivity index (χ0n) is 9.10. The standard InChI is InChI=1S/C10H23NO2/c1-10(2,3)11-6-4-8-13-9-5-7-12/h11-12H,4-9H2,1-3H3. The Kier molecular flexibility index (Phi) is 7.23. The summed E-state index contributed by atoms with van der Waals surface area (Å²) in [5.74, 6) is 0. The Bertz CT molecular complexity index is 110. The molecular weight excluding hydrogens is 166 g/mol. The van der Waals surface area contributed by atoms with Crippen molar-refractivity contribution in [2.24, 2.45) is 0 Å². The average Bonchev–Trinajstić information content (AvgIpc) is 2.01. The van der Waals surface area contributed by atoms with E-state index in [-0.39, 0.29) is 12.1 Å². The van der Waals surface area contributed by atoms with Crippen LogP contribution >= 0.6 is 0 Å². The molecule has 80 valence electrons. The first-order valence-corrected chi connectivity index (χ1v) is 5.00. The summed E-state index contributed by atoms with van der Waals surface area (Å²) in [7, 11) is 0. The lowest BCUT2D eigenvalue weighted by atomic mass is 10.1. The third kappa shape index (κ3) is 11.9. The Labute approximate surface area is 81.5 Å². The lowest BCUT2D eigenvalue weighted by Gasteiger charge is -2.20. The Morgan fingerprint density at radius 3 is 2.31 bits per heavy atom. The molecule has 0 aliphatic rings. The summed E-state index contributed by atoms with van der Waals surface area (Å²) < 4.78 is 5.29. The molecule has 0 aromatic rings. The monoisotopic (exact) mass is 189 g/mol. The number of aliphatic hydroxyl groups excluding tert-OH is 1. The molecule has 0 fully saturated rings. The normalized spacial score (nSPS) is 12.0. The van der Waals surface area contributed by atoms with Crippen LogP contribution in [0.15, 0.2) is 0 Å². The summed E-state index contributed by atoms with van der Waals surface area (Å²) in [6.45, 7) is 9.12. The van der Waals surface area contributed by atoms with Crippen LogP contribution in [0.4, 0.5) is 0 Å². The molecule has 0 atom stereocenters. The molecule has 0 radical (unpaired) electrons. The van der Waals surface area contributed by atoms with Crippen LogP contribution in [0, 0.1) is 0 Å². The fourth-order valence-corrected chi connectivity index (χ4v) is 0.906. The van der Waals surface area contributed by atoms with Crippen molar-refractivity contribution >= 4 is 0 Å². The van der Waals surface area contributed by atoms with Crippen LogP contribution in [0.2, 0.25) is 0 Å². The number of hydrogen-bond donors (Lipinski definition) is 2. The highest BCUT2D eigenvalue weighted by molar-refractivity contribution is 4.69. The molecule has 0 aliphatic carbocycles. The van der Waals surface area contributed by atoms with Gasteiger partial charge in [-0.25, -0.2) is 0 Å². The lowest BCUT2D eigenvalue weighted by molar-refractivity contribution is 0.113. The van der Waals surface area contributed by atoms with Gasteiger partial charge in [0, 0.05) is 25.4 Å². The van der Waals surface area contributed by atoms with Crippen LogP contribution in [-0.2, 0) is 4.74 Å². The minimum absolute atomic E-state index is 0.200. The number of rotatable bonds is 7. The minimum Gasteiger partial charge on any atom is -0.396 e. The van der Waals surface area contributed by atoms with Crippen LogP contribution in [0.5, 0.6) is 0 Å². The maximum absolute atomic E-state index is 8.48. The summed E-state index contributed by atoms with van der Waals surface area (Å²) in [6.07, 6.45) is 1.77. The molecule has 0 aromatic heterocycles. The highest BCUT2D eigenvalue weighted by atomic mass is 16.5. The van der Waals surface area contributed by atoms with Gasteiger partial charge < -0.3 is 15.2 Å². The van der Waals surface area contributed by atoms with Gasteiger partial charge in [0.2, 0.25) is 0 Å². The van der Waals surface area contributed by atoms with Crippen LogP contribution in [0.3, 0.4) is 0 Å². The summed E-state index contributed by atoms with van der Waals surface area (Å²) >= 11 is 0. The number of ether oxygens (including phenoxy) is 1. The maximum Gasteiger partial charge on any atom is 0.0487 e. The van der Waals surface area contributed by atoms with Gasteiger partial charge in [0.05, 0.1) is 0 Å². The first-order chi connectivity index (χ1) is 6.06. The summed E-state index contributed by atoms with van der Waals surface area (Å²) in [5, 5.41) is 11.9. The number of hydrogen-bond acceptors (Lipinski definition) is 3. The predicted octanol–water partition coefficient (Wildman–Crippen LogP) is 1.16. The van der Waals surface area contributed by atoms with Crippen LogP contribution in [-0.4, -0.2) is 37.0 Å². The zero-order valence-corrected chi connectivity index (χ0v) is 9.10. The largest absolute Gasteiger partial charge is 0.396 e. The second kappa shape index (κ2) is 7.30. The van der Waals surface area contributed by atoms with E-state index in [1.54, 1.807) is 0 Å². The molecule has 0 aromatic carbocycles. The molecule has 0 amide bonds. The van der Waals surface area contributed by atoms with E-state index in [2.05, 4.69) is 26.1 Å². The Morgan fingerprint density at radius 2 is 1.77 bits per heavy atom. The average molecular weight is 189 g/mol. The summed E-state index contributed by atoms with van der Waals surface area (Å²) in [6, 6.07) is 0. The summed E-state index contributed by atoms with van der Waals surface area (Å²) in [5.41, 5.74) is 0.200. The molecule has 0 saturated carbocycles. The van der Waals surface area contributed by atoms with Crippen LogP contribution in [0.25, 0.3) is 0 Å². The first kappa shape index (κ1) is 12.9.